The van der Waals surface area contributed by atoms with Crippen LogP contribution < -0.4 is 10.6 Å². The van der Waals surface area contributed by atoms with E-state index in [2.05, 4.69) is 20.9 Å². The predicted octanol–water partition coefficient (Wildman–Crippen LogP) is -0.784. The average molecular weight is 169 g/mol. The molecule has 1 aromatic rings. The monoisotopic (exact) mass is 169 g/mol. The summed E-state index contributed by atoms with van der Waals surface area (Å²) >= 11 is 0. The molecule has 0 aromatic carbocycles. The summed E-state index contributed by atoms with van der Waals surface area (Å²) in [6.07, 6.45) is 0. The summed E-state index contributed by atoms with van der Waals surface area (Å²) in [7, 11) is 4.92. The molecule has 0 radical (unpaired) electrons. The van der Waals surface area contributed by atoms with Crippen molar-refractivity contribution in [2.24, 2.45) is 7.05 Å². The number of hydrogen-bond donors (Lipinski definition) is 2. The smallest absolute Gasteiger partial charge is 0.273 e. The van der Waals surface area contributed by atoms with Gasteiger partial charge in [0, 0.05) is 21.1 Å². The van der Waals surface area contributed by atoms with Crippen molar-refractivity contribution in [1.29, 1.82) is 0 Å². The Bertz CT molecular complexity index is 292. The van der Waals surface area contributed by atoms with Gasteiger partial charge in [-0.25, -0.2) is 4.68 Å². The van der Waals surface area contributed by atoms with Crippen molar-refractivity contribution in [1.82, 2.24) is 20.3 Å². The molecule has 2 N–H and O–H groups in total. The van der Waals surface area contributed by atoms with Gasteiger partial charge < -0.3 is 10.6 Å². The van der Waals surface area contributed by atoms with Crippen LogP contribution in [0.25, 0.3) is 0 Å². The Labute approximate surface area is 69.9 Å². The van der Waals surface area contributed by atoms with Crippen LogP contribution in [0.15, 0.2) is 0 Å². The van der Waals surface area contributed by atoms with Gasteiger partial charge in [-0.1, -0.05) is 5.21 Å². The fraction of sp³-hybridized carbons (Fsp3) is 0.500. The third kappa shape index (κ3) is 1.23. The molecule has 1 heterocycles. The number of aromatic nitrogens is 3. The highest BCUT2D eigenvalue weighted by atomic mass is 16.2. The summed E-state index contributed by atoms with van der Waals surface area (Å²) in [5.74, 6) is 0.281. The maximum Gasteiger partial charge on any atom is 0.273 e. The lowest BCUT2D eigenvalue weighted by molar-refractivity contribution is 0.0954. The van der Waals surface area contributed by atoms with Crippen LogP contribution in [0.5, 0.6) is 0 Å². The Kier molecular flexibility index (Phi) is 2.27. The van der Waals surface area contributed by atoms with Crippen molar-refractivity contribution in [3.8, 4) is 0 Å². The van der Waals surface area contributed by atoms with Gasteiger partial charge in [0.05, 0.1) is 0 Å². The number of amides is 1. The minimum atomic E-state index is -0.202. The van der Waals surface area contributed by atoms with Crippen LogP contribution >= 0.6 is 0 Å². The molecule has 1 aromatic heterocycles. The van der Waals surface area contributed by atoms with Crippen LogP contribution in [0.4, 0.5) is 5.82 Å². The third-order valence-corrected chi connectivity index (χ3v) is 1.51. The number of aryl methyl sites for hydroxylation is 1. The molecule has 1 amide bonds. The molecular weight excluding hydrogens is 158 g/mol. The van der Waals surface area contributed by atoms with Crippen molar-refractivity contribution >= 4 is 11.7 Å². The van der Waals surface area contributed by atoms with Gasteiger partial charge >= 0.3 is 0 Å². The van der Waals surface area contributed by atoms with Crippen LogP contribution in [0.1, 0.15) is 10.5 Å². The van der Waals surface area contributed by atoms with Gasteiger partial charge in [-0.2, -0.15) is 0 Å². The predicted molar refractivity (Wildman–Crippen MR) is 43.9 cm³/mol. The zero-order valence-corrected chi connectivity index (χ0v) is 7.25. The second kappa shape index (κ2) is 3.21. The van der Waals surface area contributed by atoms with Gasteiger partial charge in [0.25, 0.3) is 5.91 Å². The molecule has 12 heavy (non-hydrogen) atoms. The van der Waals surface area contributed by atoms with Crippen LogP contribution in [-0.4, -0.2) is 35.0 Å². The van der Waals surface area contributed by atoms with Crippen LogP contribution in [-0.2, 0) is 7.05 Å². The molecule has 0 unspecified atom stereocenters. The molecular formula is C6H11N5O. The zero-order valence-electron chi connectivity index (χ0n) is 7.25. The number of anilines is 1. The summed E-state index contributed by atoms with van der Waals surface area (Å²) < 4.78 is 1.42. The lowest BCUT2D eigenvalue weighted by Gasteiger charge is -2.00. The molecule has 0 fully saturated rings. The van der Waals surface area contributed by atoms with Gasteiger partial charge in [0.2, 0.25) is 0 Å². The van der Waals surface area contributed by atoms with Crippen LogP contribution in [0, 0.1) is 0 Å². The van der Waals surface area contributed by atoms with Gasteiger partial charge in [-0.15, -0.1) is 5.10 Å². The first-order valence-corrected chi connectivity index (χ1v) is 3.50. The Morgan fingerprint density at radius 2 is 2.17 bits per heavy atom. The Balaban J connectivity index is 3.10. The highest BCUT2D eigenvalue weighted by molar-refractivity contribution is 5.96. The molecule has 0 bridgehead atoms. The van der Waals surface area contributed by atoms with E-state index >= 15 is 0 Å². The molecule has 6 nitrogen and oxygen atoms in total. The molecule has 0 aliphatic carbocycles. The average Bonchev–Trinajstić information content (AvgIpc) is 2.45. The molecule has 6 heteroatoms. The lowest BCUT2D eigenvalue weighted by Crippen LogP contribution is -2.22. The highest BCUT2D eigenvalue weighted by Crippen LogP contribution is 2.08. The van der Waals surface area contributed by atoms with Crippen LogP contribution in [0.3, 0.4) is 0 Å². The topological polar surface area (TPSA) is 71.8 Å². The Hall–Kier alpha value is -1.59. The van der Waals surface area contributed by atoms with Gasteiger partial charge in [-0.3, -0.25) is 4.79 Å². The molecule has 0 saturated heterocycles. The molecule has 0 saturated carbocycles. The molecule has 0 aliphatic heterocycles. The first-order valence-electron chi connectivity index (χ1n) is 3.50. The zero-order chi connectivity index (χ0) is 9.14. The SMILES string of the molecule is CNC(=O)c1c(NC)nnn1C. The van der Waals surface area contributed by atoms with E-state index in [1.807, 2.05) is 0 Å². The lowest BCUT2D eigenvalue weighted by atomic mass is 10.4. The van der Waals surface area contributed by atoms with E-state index in [1.54, 1.807) is 21.1 Å². The number of hydrogen-bond acceptors (Lipinski definition) is 4. The summed E-state index contributed by atoms with van der Waals surface area (Å²) in [5, 5.41) is 12.7. The highest BCUT2D eigenvalue weighted by Gasteiger charge is 2.15. The van der Waals surface area contributed by atoms with Gasteiger partial charge in [0.15, 0.2) is 11.5 Å². The van der Waals surface area contributed by atoms with Crippen molar-refractivity contribution in [3.05, 3.63) is 5.69 Å². The molecule has 0 atom stereocenters. The Morgan fingerprint density at radius 3 is 2.67 bits per heavy atom. The van der Waals surface area contributed by atoms with Gasteiger partial charge in [-0.05, 0) is 0 Å². The van der Waals surface area contributed by atoms with E-state index < -0.39 is 0 Å². The largest absolute Gasteiger partial charge is 0.370 e. The van der Waals surface area contributed by atoms with Crippen molar-refractivity contribution < 1.29 is 4.79 Å². The quantitative estimate of drug-likeness (QED) is 0.609. The number of rotatable bonds is 2. The van der Waals surface area contributed by atoms with Crippen molar-refractivity contribution in [2.45, 2.75) is 0 Å². The maximum absolute atomic E-state index is 11.2. The van der Waals surface area contributed by atoms with Crippen molar-refractivity contribution in [2.75, 3.05) is 19.4 Å². The number of carbonyl (C=O) groups is 1. The minimum absolute atomic E-state index is 0.202. The van der Waals surface area contributed by atoms with E-state index in [-0.39, 0.29) is 5.91 Å². The molecule has 66 valence electrons. The number of nitrogens with zero attached hydrogens (tertiary/aromatic N) is 3. The summed E-state index contributed by atoms with van der Waals surface area (Å²) in [5.41, 5.74) is 0.431. The normalized spacial score (nSPS) is 9.58. The fourth-order valence-corrected chi connectivity index (χ4v) is 0.898. The van der Waals surface area contributed by atoms with E-state index in [0.29, 0.717) is 11.5 Å². The first-order chi connectivity index (χ1) is 5.70. The number of nitrogens with one attached hydrogen (secondary N) is 2. The second-order valence-electron chi connectivity index (χ2n) is 2.24. The fourth-order valence-electron chi connectivity index (χ4n) is 0.898. The first kappa shape index (κ1) is 8.51. The summed E-state index contributed by atoms with van der Waals surface area (Å²) in [6.45, 7) is 0. The summed E-state index contributed by atoms with van der Waals surface area (Å²) in [6, 6.07) is 0. The minimum Gasteiger partial charge on any atom is -0.370 e. The van der Waals surface area contributed by atoms with Gasteiger partial charge in [0.1, 0.15) is 0 Å². The molecule has 0 spiro atoms. The Morgan fingerprint density at radius 1 is 1.50 bits per heavy atom. The van der Waals surface area contributed by atoms with E-state index in [9.17, 15) is 4.79 Å². The standard InChI is InChI=1S/C6H11N5O/c1-7-5-4(6(12)8-2)11(3)10-9-5/h7H,1-3H3,(H,8,12). The van der Waals surface area contributed by atoms with Crippen molar-refractivity contribution in [3.63, 3.8) is 0 Å². The van der Waals surface area contributed by atoms with E-state index in [1.165, 1.54) is 4.68 Å². The molecule has 1 rings (SSSR count). The maximum atomic E-state index is 11.2. The van der Waals surface area contributed by atoms with E-state index in [0.717, 1.165) is 0 Å². The second-order valence-corrected chi connectivity index (χ2v) is 2.24. The summed E-state index contributed by atoms with van der Waals surface area (Å²) in [4.78, 5) is 11.2. The van der Waals surface area contributed by atoms with E-state index in [4.69, 9.17) is 0 Å². The molecule has 0 aliphatic rings. The van der Waals surface area contributed by atoms with Crippen LogP contribution in [0.2, 0.25) is 0 Å². The number of carbonyl (C=O) groups excluding carboxylic acids is 1. The third-order valence-electron chi connectivity index (χ3n) is 1.51.